The Morgan fingerprint density at radius 2 is 1.59 bits per heavy atom. The van der Waals surface area contributed by atoms with Crippen molar-refractivity contribution in [2.45, 2.75) is 45.6 Å². The largest absolute Gasteiger partial charge is 0.469 e. The molecule has 8 heteroatoms. The van der Waals surface area contributed by atoms with Crippen molar-refractivity contribution < 1.29 is 28.7 Å². The fourth-order valence-corrected chi connectivity index (χ4v) is 3.48. The van der Waals surface area contributed by atoms with Crippen LogP contribution in [0.15, 0.2) is 35.7 Å². The van der Waals surface area contributed by atoms with Gasteiger partial charge < -0.3 is 9.47 Å². The molecule has 1 aromatic carbocycles. The Bertz CT molecular complexity index is 907. The number of amides is 3. The smallest absolute Gasteiger partial charge is 0.359 e. The van der Waals surface area contributed by atoms with Gasteiger partial charge in [-0.05, 0) is 39.8 Å². The van der Waals surface area contributed by atoms with Gasteiger partial charge in [0.2, 0.25) is 6.23 Å². The number of β-lactam (4-membered cyclic amide) rings is 1. The number of ether oxygens (including phenoxy) is 2. The first-order valence-electron chi connectivity index (χ1n) is 8.52. The Labute approximate surface area is 155 Å². The summed E-state index contributed by atoms with van der Waals surface area (Å²) in [7, 11) is 0. The Balaban J connectivity index is 1.60. The third-order valence-corrected chi connectivity index (χ3v) is 4.58. The molecule has 0 saturated carbocycles. The van der Waals surface area contributed by atoms with E-state index >= 15 is 0 Å². The minimum atomic E-state index is -1.10. The number of hydrogen-bond donors (Lipinski definition) is 0. The van der Waals surface area contributed by atoms with E-state index in [-0.39, 0.29) is 22.6 Å². The summed E-state index contributed by atoms with van der Waals surface area (Å²) >= 11 is 0. The van der Waals surface area contributed by atoms with E-state index in [4.69, 9.17) is 9.47 Å². The number of fused-ring (bicyclic) bond motifs is 2. The number of imide groups is 1. The second-order valence-corrected chi connectivity index (χ2v) is 7.59. The van der Waals surface area contributed by atoms with Crippen LogP contribution in [0.3, 0.4) is 0 Å². The topological polar surface area (TPSA) is 93.2 Å². The molecular weight excluding hydrogens is 352 g/mol. The summed E-state index contributed by atoms with van der Waals surface area (Å²) in [6.45, 7) is 6.69. The quantitative estimate of drug-likeness (QED) is 0.444. The predicted octanol–water partition coefficient (Wildman–Crippen LogP) is 1.42. The maximum Gasteiger partial charge on any atom is 0.359 e. The van der Waals surface area contributed by atoms with Crippen LogP contribution in [0.2, 0.25) is 0 Å². The van der Waals surface area contributed by atoms with E-state index in [0.29, 0.717) is 0 Å². The maximum atomic E-state index is 12.8. The molecule has 27 heavy (non-hydrogen) atoms. The van der Waals surface area contributed by atoms with Crippen molar-refractivity contribution in [2.24, 2.45) is 0 Å². The summed E-state index contributed by atoms with van der Waals surface area (Å²) in [5.41, 5.74) is -0.224. The molecule has 0 aliphatic carbocycles. The molecular formula is C19H18N2O6. The van der Waals surface area contributed by atoms with Crippen LogP contribution in [-0.2, 0) is 19.1 Å². The van der Waals surface area contributed by atoms with E-state index in [9.17, 15) is 19.2 Å². The van der Waals surface area contributed by atoms with Crippen LogP contribution < -0.4 is 0 Å². The molecule has 0 radical (unpaired) electrons. The molecule has 0 bridgehead atoms. The molecule has 2 atom stereocenters. The van der Waals surface area contributed by atoms with E-state index in [0.717, 1.165) is 9.80 Å². The van der Waals surface area contributed by atoms with E-state index in [1.807, 2.05) is 0 Å². The molecule has 140 valence electrons. The summed E-state index contributed by atoms with van der Waals surface area (Å²) in [5.74, 6) is -2.09. The highest BCUT2D eigenvalue weighted by molar-refractivity contribution is 6.23. The van der Waals surface area contributed by atoms with Crippen LogP contribution in [0, 0.1) is 0 Å². The number of rotatable bonds is 2. The third-order valence-electron chi connectivity index (χ3n) is 4.58. The van der Waals surface area contributed by atoms with Crippen LogP contribution in [0.25, 0.3) is 0 Å². The molecule has 1 aromatic rings. The number of allylic oxidation sites excluding steroid dienone is 1. The zero-order valence-corrected chi connectivity index (χ0v) is 15.3. The van der Waals surface area contributed by atoms with Gasteiger partial charge in [0.15, 0.2) is 11.7 Å². The molecule has 8 nitrogen and oxygen atoms in total. The molecule has 3 aliphatic heterocycles. The summed E-state index contributed by atoms with van der Waals surface area (Å²) in [5, 5.41) is 0. The second kappa shape index (κ2) is 5.42. The minimum absolute atomic E-state index is 0.00721. The molecule has 0 spiro atoms. The van der Waals surface area contributed by atoms with Gasteiger partial charge in [0, 0.05) is 0 Å². The maximum absolute atomic E-state index is 12.8. The molecule has 1 fully saturated rings. The van der Waals surface area contributed by atoms with Crippen molar-refractivity contribution in [2.75, 3.05) is 0 Å². The fraction of sp³-hybridized carbons (Fsp3) is 0.368. The van der Waals surface area contributed by atoms with Gasteiger partial charge in [0.1, 0.15) is 11.4 Å². The fourth-order valence-electron chi connectivity index (χ4n) is 3.48. The van der Waals surface area contributed by atoms with E-state index < -0.39 is 41.6 Å². The summed E-state index contributed by atoms with van der Waals surface area (Å²) < 4.78 is 11.0. The average molecular weight is 370 g/mol. The van der Waals surface area contributed by atoms with Crippen LogP contribution in [0.1, 0.15) is 48.4 Å². The van der Waals surface area contributed by atoms with Gasteiger partial charge in [-0.3, -0.25) is 24.2 Å². The Kier molecular flexibility index (Phi) is 3.46. The number of carbonyl (C=O) groups is 4. The predicted molar refractivity (Wildman–Crippen MR) is 91.0 cm³/mol. The first-order valence-corrected chi connectivity index (χ1v) is 8.52. The van der Waals surface area contributed by atoms with Crippen molar-refractivity contribution >= 4 is 23.7 Å². The van der Waals surface area contributed by atoms with Crippen LogP contribution >= 0.6 is 0 Å². The highest BCUT2D eigenvalue weighted by Crippen LogP contribution is 2.41. The number of esters is 1. The van der Waals surface area contributed by atoms with Crippen molar-refractivity contribution in [3.63, 3.8) is 0 Å². The molecule has 4 rings (SSSR count). The normalized spacial score (nSPS) is 23.9. The van der Waals surface area contributed by atoms with Gasteiger partial charge in [-0.15, -0.1) is 0 Å². The molecule has 3 aliphatic rings. The average Bonchev–Trinajstić information content (AvgIpc) is 3.02. The lowest BCUT2D eigenvalue weighted by Crippen LogP contribution is -2.70. The van der Waals surface area contributed by atoms with Gasteiger partial charge in [-0.1, -0.05) is 12.1 Å². The standard InChI is InChI=1S/C19H18N2O6/c1-9-12(18(25)27-19(2,3)4)21-16(24)13(17(21)26-9)20-14(22)10-7-5-6-8-11(10)15(20)23/h5-8,13,17H,1-4H3/t13-,17+/m1/s1. The lowest BCUT2D eigenvalue weighted by Gasteiger charge is -2.44. The monoisotopic (exact) mass is 370 g/mol. The van der Waals surface area contributed by atoms with E-state index in [1.165, 1.54) is 0 Å². The molecule has 1 saturated heterocycles. The zero-order chi connectivity index (χ0) is 19.7. The van der Waals surface area contributed by atoms with Crippen molar-refractivity contribution in [3.8, 4) is 0 Å². The highest BCUT2D eigenvalue weighted by Gasteiger charge is 2.63. The van der Waals surface area contributed by atoms with Gasteiger partial charge in [0.05, 0.1) is 11.1 Å². The SMILES string of the molecule is CC1=C(C(=O)OC(C)(C)C)N2C(=O)[C@@H](N3C(=O)c4ccccc4C3=O)[C@@H]2O1. The van der Waals surface area contributed by atoms with Gasteiger partial charge in [0.25, 0.3) is 17.7 Å². The van der Waals surface area contributed by atoms with Crippen LogP contribution in [0.4, 0.5) is 0 Å². The second-order valence-electron chi connectivity index (χ2n) is 7.59. The van der Waals surface area contributed by atoms with E-state index in [1.54, 1.807) is 52.0 Å². The van der Waals surface area contributed by atoms with Gasteiger partial charge in [-0.2, -0.15) is 0 Å². The summed E-state index contributed by atoms with van der Waals surface area (Å²) in [6.07, 6.45) is -0.915. The van der Waals surface area contributed by atoms with Gasteiger partial charge >= 0.3 is 5.97 Å². The number of benzene rings is 1. The summed E-state index contributed by atoms with van der Waals surface area (Å²) in [4.78, 5) is 52.5. The molecule has 0 unspecified atom stereocenters. The van der Waals surface area contributed by atoms with Crippen LogP contribution in [-0.4, -0.2) is 51.4 Å². The third kappa shape index (κ3) is 2.36. The highest BCUT2D eigenvalue weighted by atomic mass is 16.6. The molecule has 3 heterocycles. The van der Waals surface area contributed by atoms with Crippen molar-refractivity contribution in [1.29, 1.82) is 0 Å². The molecule has 0 N–H and O–H groups in total. The number of carbonyl (C=O) groups excluding carboxylic acids is 4. The number of hydrogen-bond acceptors (Lipinski definition) is 6. The lowest BCUT2D eigenvalue weighted by molar-refractivity contribution is -0.173. The summed E-state index contributed by atoms with van der Waals surface area (Å²) in [6, 6.07) is 5.29. The Morgan fingerprint density at radius 3 is 2.11 bits per heavy atom. The van der Waals surface area contributed by atoms with Crippen LogP contribution in [0.5, 0.6) is 0 Å². The van der Waals surface area contributed by atoms with Crippen molar-refractivity contribution in [3.05, 3.63) is 46.8 Å². The lowest BCUT2D eigenvalue weighted by atomic mass is 10.0. The first kappa shape index (κ1) is 17.3. The number of nitrogens with zero attached hydrogens (tertiary/aromatic N) is 2. The molecule has 0 aromatic heterocycles. The Hall–Kier alpha value is -3.16. The van der Waals surface area contributed by atoms with E-state index in [2.05, 4.69) is 0 Å². The van der Waals surface area contributed by atoms with Crippen molar-refractivity contribution in [1.82, 2.24) is 9.80 Å². The first-order chi connectivity index (χ1) is 12.6. The minimum Gasteiger partial charge on any atom is -0.469 e. The Morgan fingerprint density at radius 1 is 1.04 bits per heavy atom. The zero-order valence-electron chi connectivity index (χ0n) is 15.3. The van der Waals surface area contributed by atoms with Gasteiger partial charge in [-0.25, -0.2) is 4.79 Å². The molecule has 3 amide bonds.